The summed E-state index contributed by atoms with van der Waals surface area (Å²) in [6.07, 6.45) is 3.58. The van der Waals surface area contributed by atoms with Crippen molar-refractivity contribution in [1.29, 1.82) is 0 Å². The number of hydrogen-bond donors (Lipinski definition) is 1. The molecule has 0 bridgehead atoms. The van der Waals surface area contributed by atoms with Gasteiger partial charge in [-0.1, -0.05) is 17.7 Å². The van der Waals surface area contributed by atoms with Crippen LogP contribution in [0.1, 0.15) is 18.4 Å². The van der Waals surface area contributed by atoms with E-state index < -0.39 is 0 Å². The van der Waals surface area contributed by atoms with Gasteiger partial charge in [-0.3, -0.25) is 0 Å². The smallest absolute Gasteiger partial charge is 0.0459 e. The quantitative estimate of drug-likeness (QED) is 0.871. The predicted octanol–water partition coefficient (Wildman–Crippen LogP) is 2.70. The Balaban J connectivity index is 2.23. The van der Waals surface area contributed by atoms with Gasteiger partial charge in [0.05, 0.1) is 0 Å². The van der Waals surface area contributed by atoms with Crippen LogP contribution < -0.4 is 10.2 Å². The van der Waals surface area contributed by atoms with Crippen LogP contribution in [0.5, 0.6) is 0 Å². The Morgan fingerprint density at radius 2 is 2.25 bits per heavy atom. The molecule has 1 aliphatic rings. The Hall–Kier alpha value is -0.730. The van der Waals surface area contributed by atoms with Gasteiger partial charge in [0.15, 0.2) is 0 Å². The third kappa shape index (κ3) is 2.50. The van der Waals surface area contributed by atoms with Crippen LogP contribution >= 0.6 is 11.6 Å². The van der Waals surface area contributed by atoms with E-state index >= 15 is 0 Å². The fourth-order valence-corrected chi connectivity index (χ4v) is 2.59. The Labute approximate surface area is 103 Å². The van der Waals surface area contributed by atoms with Gasteiger partial charge in [0.1, 0.15) is 0 Å². The molecule has 0 amide bonds. The third-order valence-electron chi connectivity index (χ3n) is 3.19. The van der Waals surface area contributed by atoms with Gasteiger partial charge in [0.2, 0.25) is 0 Å². The molecule has 3 heteroatoms. The van der Waals surface area contributed by atoms with Gasteiger partial charge in [-0.2, -0.15) is 0 Å². The zero-order valence-electron chi connectivity index (χ0n) is 9.96. The Bertz CT molecular complexity index is 357. The van der Waals surface area contributed by atoms with Gasteiger partial charge in [0.25, 0.3) is 0 Å². The van der Waals surface area contributed by atoms with E-state index in [0.717, 1.165) is 18.0 Å². The Morgan fingerprint density at radius 3 is 2.88 bits per heavy atom. The maximum absolute atomic E-state index is 6.30. The highest BCUT2D eigenvalue weighted by atomic mass is 35.5. The number of hydrogen-bond acceptors (Lipinski definition) is 2. The molecular weight excluding hydrogens is 220 g/mol. The van der Waals surface area contributed by atoms with Gasteiger partial charge in [-0.25, -0.2) is 0 Å². The van der Waals surface area contributed by atoms with Gasteiger partial charge in [-0.05, 0) is 43.5 Å². The van der Waals surface area contributed by atoms with Crippen LogP contribution in [0.25, 0.3) is 0 Å². The van der Waals surface area contributed by atoms with Gasteiger partial charge < -0.3 is 10.2 Å². The highest BCUT2D eigenvalue weighted by molar-refractivity contribution is 6.31. The lowest BCUT2D eigenvalue weighted by molar-refractivity contribution is 0.603. The number of rotatable bonds is 3. The summed E-state index contributed by atoms with van der Waals surface area (Å²) in [5, 5.41) is 4.41. The zero-order valence-corrected chi connectivity index (χ0v) is 10.7. The number of nitrogens with zero attached hydrogens (tertiary/aromatic N) is 1. The summed E-state index contributed by atoms with van der Waals surface area (Å²) in [7, 11) is 4.13. The molecule has 88 valence electrons. The van der Waals surface area contributed by atoms with Crippen LogP contribution in [0.3, 0.4) is 0 Å². The average Bonchev–Trinajstić information content (AvgIpc) is 2.73. The van der Waals surface area contributed by atoms with Crippen molar-refractivity contribution in [3.8, 4) is 0 Å². The molecule has 1 aromatic rings. The molecular formula is C13H19ClN2. The van der Waals surface area contributed by atoms with Crippen molar-refractivity contribution in [1.82, 2.24) is 5.32 Å². The van der Waals surface area contributed by atoms with Crippen molar-refractivity contribution in [3.63, 3.8) is 0 Å². The number of nitrogens with one attached hydrogen (secondary N) is 1. The summed E-state index contributed by atoms with van der Waals surface area (Å²) in [6.45, 7) is 1.15. The largest absolute Gasteiger partial charge is 0.377 e. The molecule has 1 aromatic carbocycles. The standard InChI is InChI=1S/C13H19ClN2/c1-16(2)13-7-3-6-12(14)11(13)9-10-5-4-8-15-10/h3,6-7,10,15H,4-5,8-9H2,1-2H3. The Morgan fingerprint density at radius 1 is 1.44 bits per heavy atom. The first-order valence-corrected chi connectivity index (χ1v) is 6.24. The van der Waals surface area contributed by atoms with Gasteiger partial charge in [-0.15, -0.1) is 0 Å². The third-order valence-corrected chi connectivity index (χ3v) is 3.54. The monoisotopic (exact) mass is 238 g/mol. The number of anilines is 1. The number of benzene rings is 1. The summed E-state index contributed by atoms with van der Waals surface area (Å²) in [5.74, 6) is 0. The Kier molecular flexibility index (Phi) is 3.72. The second kappa shape index (κ2) is 5.07. The van der Waals surface area contributed by atoms with Crippen LogP contribution in [0, 0.1) is 0 Å². The van der Waals surface area contributed by atoms with Crippen molar-refractivity contribution >= 4 is 17.3 Å². The van der Waals surface area contributed by atoms with E-state index in [1.54, 1.807) is 0 Å². The van der Waals surface area contributed by atoms with E-state index in [2.05, 4.69) is 30.4 Å². The molecule has 1 N–H and O–H groups in total. The molecule has 1 atom stereocenters. The lowest BCUT2D eigenvalue weighted by Crippen LogP contribution is -2.25. The van der Waals surface area contributed by atoms with Gasteiger partial charge in [0, 0.05) is 30.8 Å². The average molecular weight is 239 g/mol. The maximum atomic E-state index is 6.30. The fraction of sp³-hybridized carbons (Fsp3) is 0.538. The van der Waals surface area contributed by atoms with E-state index in [9.17, 15) is 0 Å². The van der Waals surface area contributed by atoms with Crippen LogP contribution in [-0.4, -0.2) is 26.7 Å². The summed E-state index contributed by atoms with van der Waals surface area (Å²) < 4.78 is 0. The maximum Gasteiger partial charge on any atom is 0.0459 e. The highest BCUT2D eigenvalue weighted by Crippen LogP contribution is 2.28. The van der Waals surface area contributed by atoms with Gasteiger partial charge >= 0.3 is 0 Å². The van der Waals surface area contributed by atoms with Crippen molar-refractivity contribution in [2.24, 2.45) is 0 Å². The van der Waals surface area contributed by atoms with E-state index in [1.807, 2.05) is 12.1 Å². The molecule has 0 spiro atoms. The number of halogens is 1. The predicted molar refractivity (Wildman–Crippen MR) is 70.5 cm³/mol. The SMILES string of the molecule is CN(C)c1cccc(Cl)c1CC1CCCN1. The second-order valence-corrected chi connectivity index (χ2v) is 5.04. The van der Waals surface area contributed by atoms with E-state index in [4.69, 9.17) is 11.6 Å². The van der Waals surface area contributed by atoms with Crippen molar-refractivity contribution in [3.05, 3.63) is 28.8 Å². The fourth-order valence-electron chi connectivity index (χ4n) is 2.35. The van der Waals surface area contributed by atoms with Crippen LogP contribution in [-0.2, 0) is 6.42 Å². The van der Waals surface area contributed by atoms with E-state index in [0.29, 0.717) is 6.04 Å². The minimum Gasteiger partial charge on any atom is -0.377 e. The molecule has 1 unspecified atom stereocenters. The molecule has 1 heterocycles. The molecule has 2 nitrogen and oxygen atoms in total. The highest BCUT2D eigenvalue weighted by Gasteiger charge is 2.18. The molecule has 0 saturated carbocycles. The van der Waals surface area contributed by atoms with Crippen LogP contribution in [0.4, 0.5) is 5.69 Å². The summed E-state index contributed by atoms with van der Waals surface area (Å²) in [6, 6.07) is 6.73. The van der Waals surface area contributed by atoms with E-state index in [1.165, 1.54) is 24.1 Å². The summed E-state index contributed by atoms with van der Waals surface area (Å²) in [4.78, 5) is 2.14. The zero-order chi connectivity index (χ0) is 11.5. The minimum atomic E-state index is 0.596. The molecule has 1 saturated heterocycles. The molecule has 1 aliphatic heterocycles. The van der Waals surface area contributed by atoms with E-state index in [-0.39, 0.29) is 0 Å². The first-order chi connectivity index (χ1) is 7.68. The molecule has 0 radical (unpaired) electrons. The first-order valence-electron chi connectivity index (χ1n) is 5.86. The second-order valence-electron chi connectivity index (χ2n) is 4.63. The molecule has 16 heavy (non-hydrogen) atoms. The molecule has 2 rings (SSSR count). The van der Waals surface area contributed by atoms with Crippen molar-refractivity contribution < 1.29 is 0 Å². The van der Waals surface area contributed by atoms with Crippen LogP contribution in [0.15, 0.2) is 18.2 Å². The lowest BCUT2D eigenvalue weighted by Gasteiger charge is -2.20. The minimum absolute atomic E-state index is 0.596. The summed E-state index contributed by atoms with van der Waals surface area (Å²) in [5.41, 5.74) is 2.51. The normalized spacial score (nSPS) is 20.1. The molecule has 0 aliphatic carbocycles. The van der Waals surface area contributed by atoms with Crippen LogP contribution in [0.2, 0.25) is 5.02 Å². The first kappa shape index (κ1) is 11.7. The summed E-state index contributed by atoms with van der Waals surface area (Å²) >= 11 is 6.30. The topological polar surface area (TPSA) is 15.3 Å². The lowest BCUT2D eigenvalue weighted by atomic mass is 10.0. The molecule has 0 aromatic heterocycles. The molecule has 1 fully saturated rings. The van der Waals surface area contributed by atoms with Crippen molar-refractivity contribution in [2.75, 3.05) is 25.5 Å². The van der Waals surface area contributed by atoms with Crippen molar-refractivity contribution in [2.45, 2.75) is 25.3 Å².